The predicted octanol–water partition coefficient (Wildman–Crippen LogP) is 3.19. The lowest BCUT2D eigenvalue weighted by Crippen LogP contribution is -2.49. The first-order valence-electron chi connectivity index (χ1n) is 10.6. The van der Waals surface area contributed by atoms with Crippen LogP contribution in [0.15, 0.2) is 11.6 Å². The van der Waals surface area contributed by atoms with E-state index >= 15 is 0 Å². The molecule has 0 aromatic carbocycles. The van der Waals surface area contributed by atoms with E-state index in [0.29, 0.717) is 19.7 Å². The van der Waals surface area contributed by atoms with Gasteiger partial charge in [0, 0.05) is 33.4 Å². The van der Waals surface area contributed by atoms with Gasteiger partial charge in [0.15, 0.2) is 0 Å². The third-order valence-electron chi connectivity index (χ3n) is 6.59. The van der Waals surface area contributed by atoms with E-state index in [9.17, 15) is 4.79 Å². The van der Waals surface area contributed by atoms with Gasteiger partial charge in [0.25, 0.3) is 5.91 Å². The van der Waals surface area contributed by atoms with Crippen molar-refractivity contribution in [2.75, 3.05) is 38.7 Å². The maximum Gasteiger partial charge on any atom is 0.264 e. The Balaban J connectivity index is 1.36. The number of carbonyl (C=O) groups is 1. The molecule has 1 aliphatic carbocycles. The molecule has 0 atom stereocenters. The first kappa shape index (κ1) is 19.0. The van der Waals surface area contributed by atoms with Gasteiger partial charge in [0.05, 0.1) is 17.2 Å². The number of piperidine rings is 1. The number of aryl methyl sites for hydroxylation is 1. The van der Waals surface area contributed by atoms with Crippen LogP contribution < -0.4 is 4.90 Å². The number of likely N-dealkylation sites (tertiary alicyclic amines) is 1. The van der Waals surface area contributed by atoms with Crippen molar-refractivity contribution < 1.29 is 9.53 Å². The number of amides is 1. The van der Waals surface area contributed by atoms with E-state index in [2.05, 4.69) is 10.4 Å². The maximum absolute atomic E-state index is 13.3. The zero-order chi connectivity index (χ0) is 20.0. The third kappa shape index (κ3) is 3.24. The minimum atomic E-state index is -0.382. The number of hydrogen-bond donors (Lipinski definition) is 0. The summed E-state index contributed by atoms with van der Waals surface area (Å²) in [5, 5.41) is 2.20. The van der Waals surface area contributed by atoms with Crippen molar-refractivity contribution in [1.82, 2.24) is 14.9 Å². The van der Waals surface area contributed by atoms with Gasteiger partial charge in [-0.1, -0.05) is 0 Å². The topological polar surface area (TPSA) is 58.6 Å². The van der Waals surface area contributed by atoms with Crippen LogP contribution in [0, 0.1) is 0 Å². The summed E-state index contributed by atoms with van der Waals surface area (Å²) in [6.07, 6.45) is 9.03. The van der Waals surface area contributed by atoms with Crippen LogP contribution in [0.3, 0.4) is 0 Å². The van der Waals surface area contributed by atoms with Crippen LogP contribution in [-0.2, 0) is 29.6 Å². The Morgan fingerprint density at radius 2 is 1.97 bits per heavy atom. The highest BCUT2D eigenvalue weighted by Crippen LogP contribution is 2.41. The number of aromatic nitrogens is 2. The highest BCUT2D eigenvalue weighted by atomic mass is 32.1. The molecule has 0 radical (unpaired) electrons. The number of nitrogens with zero attached hydrogens (tertiary/aromatic N) is 4. The molecule has 0 bridgehead atoms. The normalized spacial score (nSPS) is 20.3. The van der Waals surface area contributed by atoms with E-state index in [1.54, 1.807) is 11.3 Å². The lowest BCUT2D eigenvalue weighted by atomic mass is 9.83. The summed E-state index contributed by atoms with van der Waals surface area (Å²) in [4.78, 5) is 27.5. The lowest BCUT2D eigenvalue weighted by Gasteiger charge is -2.44. The van der Waals surface area contributed by atoms with E-state index in [-0.39, 0.29) is 11.5 Å². The highest BCUT2D eigenvalue weighted by molar-refractivity contribution is 7.12. The minimum absolute atomic E-state index is 0.209. The van der Waals surface area contributed by atoms with Crippen LogP contribution in [0.2, 0.25) is 0 Å². The van der Waals surface area contributed by atoms with Crippen LogP contribution >= 0.6 is 11.3 Å². The van der Waals surface area contributed by atoms with Crippen molar-refractivity contribution in [1.29, 1.82) is 0 Å². The van der Waals surface area contributed by atoms with Crippen molar-refractivity contribution in [3.63, 3.8) is 0 Å². The van der Waals surface area contributed by atoms with Crippen molar-refractivity contribution in [2.45, 2.75) is 50.5 Å². The second-order valence-corrected chi connectivity index (χ2v) is 9.48. The fourth-order valence-corrected chi connectivity index (χ4v) is 6.04. The van der Waals surface area contributed by atoms with Crippen molar-refractivity contribution in [3.8, 4) is 0 Å². The fourth-order valence-electron chi connectivity index (χ4n) is 4.91. The zero-order valence-corrected chi connectivity index (χ0v) is 18.1. The van der Waals surface area contributed by atoms with Gasteiger partial charge in [-0.25, -0.2) is 9.97 Å². The largest absolute Gasteiger partial charge is 0.368 e. The average Bonchev–Trinajstić information content (AvgIpc) is 3.18. The number of fused-ring (bicyclic) bond motifs is 3. The number of rotatable bonds is 2. The Morgan fingerprint density at radius 1 is 1.17 bits per heavy atom. The molecule has 1 saturated heterocycles. The smallest absolute Gasteiger partial charge is 0.264 e. The molecule has 5 rings (SSSR count). The van der Waals surface area contributed by atoms with Gasteiger partial charge in [-0.15, -0.1) is 11.3 Å². The Morgan fingerprint density at radius 3 is 2.76 bits per heavy atom. The Bertz CT molecular complexity index is 931. The quantitative estimate of drug-likeness (QED) is 0.758. The third-order valence-corrected chi connectivity index (χ3v) is 7.65. The van der Waals surface area contributed by atoms with E-state index in [4.69, 9.17) is 9.72 Å². The fraction of sp³-hybridized carbons (Fsp3) is 0.591. The molecule has 29 heavy (non-hydrogen) atoms. The number of carbonyl (C=O) groups excluding carboxylic acids is 1. The Labute approximate surface area is 175 Å². The molecule has 2 aromatic heterocycles. The summed E-state index contributed by atoms with van der Waals surface area (Å²) in [7, 11) is 3.92. The van der Waals surface area contributed by atoms with Crippen molar-refractivity contribution >= 4 is 23.2 Å². The molecule has 1 fully saturated rings. The van der Waals surface area contributed by atoms with Gasteiger partial charge in [-0.05, 0) is 67.0 Å². The van der Waals surface area contributed by atoms with Gasteiger partial charge in [-0.2, -0.15) is 0 Å². The van der Waals surface area contributed by atoms with Crippen molar-refractivity contribution in [2.24, 2.45) is 0 Å². The Hall–Kier alpha value is -1.99. The number of hydrogen-bond acceptors (Lipinski definition) is 6. The minimum Gasteiger partial charge on any atom is -0.368 e. The molecule has 0 saturated carbocycles. The summed E-state index contributed by atoms with van der Waals surface area (Å²) < 4.78 is 6.33. The number of thiophene rings is 1. The molecule has 1 amide bonds. The number of ether oxygens (including phenoxy) is 1. The first-order valence-corrected chi connectivity index (χ1v) is 11.5. The van der Waals surface area contributed by atoms with E-state index in [0.717, 1.165) is 48.6 Å². The van der Waals surface area contributed by atoms with Crippen LogP contribution in [-0.4, -0.2) is 54.6 Å². The van der Waals surface area contributed by atoms with Crippen LogP contribution in [0.25, 0.3) is 0 Å². The van der Waals surface area contributed by atoms with Gasteiger partial charge in [0.1, 0.15) is 5.60 Å². The molecule has 4 heterocycles. The molecule has 2 aromatic rings. The molecular weight excluding hydrogens is 384 g/mol. The maximum atomic E-state index is 13.3. The van der Waals surface area contributed by atoms with E-state index in [1.165, 1.54) is 29.5 Å². The summed E-state index contributed by atoms with van der Waals surface area (Å²) in [6, 6.07) is 0. The number of anilines is 1. The van der Waals surface area contributed by atoms with Gasteiger partial charge in [-0.3, -0.25) is 4.79 Å². The average molecular weight is 413 g/mol. The monoisotopic (exact) mass is 412 g/mol. The Kier molecular flexibility index (Phi) is 4.82. The second-order valence-electron chi connectivity index (χ2n) is 8.60. The summed E-state index contributed by atoms with van der Waals surface area (Å²) in [5.41, 5.74) is 4.55. The first-order chi connectivity index (χ1) is 14.1. The lowest BCUT2D eigenvalue weighted by molar-refractivity contribution is -0.0966. The standard InChI is InChI=1S/C22H28N4O2S/c1-25(2)21-23-13-15-7-12-28-22(19(15)24-21)8-10-26(11-9-22)20(27)18-17-6-4-3-5-16(17)14-29-18/h13-14H,3-12H2,1-2H3. The molecule has 0 N–H and O–H groups in total. The SMILES string of the molecule is CN(C)c1ncc2c(n1)C1(CCN(C(=O)c3scc4c3CCCC4)CC1)OCC2. The predicted molar refractivity (Wildman–Crippen MR) is 114 cm³/mol. The molecule has 2 aliphatic heterocycles. The second kappa shape index (κ2) is 7.36. The molecule has 7 heteroatoms. The summed E-state index contributed by atoms with van der Waals surface area (Å²) >= 11 is 1.64. The molecular formula is C22H28N4O2S. The molecule has 3 aliphatic rings. The van der Waals surface area contributed by atoms with E-state index < -0.39 is 0 Å². The molecule has 1 spiro atoms. The summed E-state index contributed by atoms with van der Waals surface area (Å²) in [6.45, 7) is 2.13. The van der Waals surface area contributed by atoms with E-state index in [1.807, 2.05) is 30.1 Å². The molecule has 6 nitrogen and oxygen atoms in total. The van der Waals surface area contributed by atoms with Crippen LogP contribution in [0.1, 0.15) is 57.7 Å². The molecule has 154 valence electrons. The highest BCUT2D eigenvalue weighted by Gasteiger charge is 2.44. The van der Waals surface area contributed by atoms with Crippen LogP contribution in [0.5, 0.6) is 0 Å². The van der Waals surface area contributed by atoms with Gasteiger partial charge < -0.3 is 14.5 Å². The zero-order valence-electron chi connectivity index (χ0n) is 17.2. The molecule has 0 unspecified atom stereocenters. The van der Waals surface area contributed by atoms with Crippen molar-refractivity contribution in [3.05, 3.63) is 38.8 Å². The summed E-state index contributed by atoms with van der Waals surface area (Å²) in [5.74, 6) is 0.929. The van der Waals surface area contributed by atoms with Gasteiger partial charge >= 0.3 is 0 Å². The van der Waals surface area contributed by atoms with Gasteiger partial charge in [0.2, 0.25) is 5.95 Å². The van der Waals surface area contributed by atoms with Crippen LogP contribution in [0.4, 0.5) is 5.95 Å².